The van der Waals surface area contributed by atoms with Gasteiger partial charge >= 0.3 is 12.5 Å². The smallest absolute Gasteiger partial charge is 0.406 e. The summed E-state index contributed by atoms with van der Waals surface area (Å²) in [4.78, 5) is 16.1. The van der Waals surface area contributed by atoms with Crippen LogP contribution in [-0.4, -0.2) is 24.3 Å². The highest BCUT2D eigenvalue weighted by molar-refractivity contribution is 5.83. The third kappa shape index (κ3) is 8.17. The normalized spacial score (nSPS) is 13.6. The maximum Gasteiger partial charge on any atom is 0.573 e. The molecule has 0 saturated heterocycles. The first kappa shape index (κ1) is 27.9. The minimum Gasteiger partial charge on any atom is -0.406 e. The molecule has 0 saturated carbocycles. The summed E-state index contributed by atoms with van der Waals surface area (Å²) in [7, 11) is 1.41. The second-order valence-electron chi connectivity index (χ2n) is 8.02. The second-order valence-corrected chi connectivity index (χ2v) is 8.02. The number of carbonyl (C=O) groups is 1. The van der Waals surface area contributed by atoms with E-state index >= 15 is 0 Å². The number of nitrogens with zero attached hydrogens (tertiary/aromatic N) is 1. The van der Waals surface area contributed by atoms with E-state index in [1.54, 1.807) is 0 Å². The van der Waals surface area contributed by atoms with Crippen molar-refractivity contribution in [1.29, 1.82) is 0 Å². The zero-order chi connectivity index (χ0) is 27.2. The quantitative estimate of drug-likeness (QED) is 0.340. The maximum absolute atomic E-state index is 13.4. The Bertz CT molecular complexity index is 1160. The van der Waals surface area contributed by atoms with Crippen molar-refractivity contribution in [3.63, 3.8) is 0 Å². The van der Waals surface area contributed by atoms with Gasteiger partial charge in [-0.25, -0.2) is 4.39 Å². The van der Waals surface area contributed by atoms with Crippen molar-refractivity contribution in [2.24, 2.45) is 0 Å². The molecule has 3 rings (SSSR count). The molecule has 1 heterocycles. The highest BCUT2D eigenvalue weighted by Gasteiger charge is 2.32. The first-order valence-corrected chi connectivity index (χ1v) is 11.0. The van der Waals surface area contributed by atoms with Crippen LogP contribution in [0.1, 0.15) is 40.9 Å². The number of amides is 1. The average molecular weight is 529 g/mol. The topological polar surface area (TPSA) is 63.2 Å². The van der Waals surface area contributed by atoms with Crippen molar-refractivity contribution < 1.29 is 40.3 Å². The second kappa shape index (κ2) is 11.6. The minimum absolute atomic E-state index is 0.230. The lowest BCUT2D eigenvalue weighted by atomic mass is 9.96. The summed E-state index contributed by atoms with van der Waals surface area (Å²) in [5, 5.41) is 5.64. The molecule has 0 unspecified atom stereocenters. The molecular weight excluding hydrogens is 507 g/mol. The fourth-order valence-electron chi connectivity index (χ4n) is 3.62. The van der Waals surface area contributed by atoms with Crippen LogP contribution in [0.15, 0.2) is 66.9 Å². The first-order chi connectivity index (χ1) is 17.4. The lowest BCUT2D eigenvalue weighted by molar-refractivity contribution is -0.274. The van der Waals surface area contributed by atoms with Crippen molar-refractivity contribution >= 4 is 5.91 Å². The van der Waals surface area contributed by atoms with Crippen LogP contribution in [0.2, 0.25) is 0 Å². The third-order valence-electron chi connectivity index (χ3n) is 5.43. The predicted octanol–water partition coefficient (Wildman–Crippen LogP) is 5.89. The van der Waals surface area contributed by atoms with Gasteiger partial charge in [-0.05, 0) is 59.9 Å². The zero-order valence-electron chi connectivity index (χ0n) is 19.3. The molecule has 1 amide bonds. The van der Waals surface area contributed by atoms with Crippen molar-refractivity contribution in [2.45, 2.75) is 37.5 Å². The van der Waals surface area contributed by atoms with Crippen LogP contribution in [0.5, 0.6) is 5.75 Å². The molecule has 0 aliphatic carbocycles. The SMILES string of the molecule is CNC(=O)[C@@H](N[C@H](CCc1ccc(C(F)(F)F)nc1)c1ccc(OC(F)(F)F)cc1)c1ccc(F)cc1. The van der Waals surface area contributed by atoms with Gasteiger partial charge in [-0.1, -0.05) is 30.3 Å². The molecule has 0 fully saturated rings. The highest BCUT2D eigenvalue weighted by Crippen LogP contribution is 2.30. The van der Waals surface area contributed by atoms with Crippen LogP contribution < -0.4 is 15.4 Å². The average Bonchev–Trinajstić information content (AvgIpc) is 2.84. The van der Waals surface area contributed by atoms with Gasteiger partial charge in [-0.15, -0.1) is 13.2 Å². The number of nitrogens with one attached hydrogen (secondary N) is 2. The van der Waals surface area contributed by atoms with Gasteiger partial charge in [0.1, 0.15) is 23.3 Å². The largest absolute Gasteiger partial charge is 0.573 e. The Morgan fingerprint density at radius 1 is 0.919 bits per heavy atom. The Morgan fingerprint density at radius 3 is 2.05 bits per heavy atom. The number of pyridine rings is 1. The van der Waals surface area contributed by atoms with Crippen molar-refractivity contribution in [1.82, 2.24) is 15.6 Å². The Hall–Kier alpha value is -3.67. The van der Waals surface area contributed by atoms with E-state index in [4.69, 9.17) is 0 Å². The van der Waals surface area contributed by atoms with Gasteiger partial charge in [0.2, 0.25) is 5.91 Å². The summed E-state index contributed by atoms with van der Waals surface area (Å²) >= 11 is 0. The molecule has 2 aromatic carbocycles. The molecule has 0 aliphatic heterocycles. The molecule has 0 bridgehead atoms. The maximum atomic E-state index is 13.4. The van der Waals surface area contributed by atoms with Crippen molar-refractivity contribution in [2.75, 3.05) is 7.05 Å². The van der Waals surface area contributed by atoms with Gasteiger partial charge in [0.25, 0.3) is 0 Å². The van der Waals surface area contributed by atoms with E-state index in [1.807, 2.05) is 0 Å². The Balaban J connectivity index is 1.88. The van der Waals surface area contributed by atoms with Gasteiger partial charge in [0.15, 0.2) is 0 Å². The number of aromatic nitrogens is 1. The van der Waals surface area contributed by atoms with E-state index < -0.39 is 47.8 Å². The molecule has 5 nitrogen and oxygen atoms in total. The molecule has 0 spiro atoms. The van der Waals surface area contributed by atoms with Crippen LogP contribution in [0, 0.1) is 5.82 Å². The number of likely N-dealkylation sites (N-methyl/N-ethyl adjacent to an activating group) is 1. The van der Waals surface area contributed by atoms with Crippen LogP contribution in [0.25, 0.3) is 0 Å². The van der Waals surface area contributed by atoms with Gasteiger partial charge < -0.3 is 10.1 Å². The molecule has 2 N–H and O–H groups in total. The van der Waals surface area contributed by atoms with Gasteiger partial charge in [-0.3, -0.25) is 15.1 Å². The number of carbonyl (C=O) groups excluding carboxylic acids is 1. The molecule has 1 aromatic heterocycles. The monoisotopic (exact) mass is 529 g/mol. The third-order valence-corrected chi connectivity index (χ3v) is 5.43. The summed E-state index contributed by atoms with van der Waals surface area (Å²) in [6.45, 7) is 0. The van der Waals surface area contributed by atoms with Gasteiger partial charge in [-0.2, -0.15) is 13.2 Å². The number of hydrogen-bond acceptors (Lipinski definition) is 4. The summed E-state index contributed by atoms with van der Waals surface area (Å²) in [6, 6.07) is 10.7. The number of hydrogen-bond donors (Lipinski definition) is 2. The van der Waals surface area contributed by atoms with E-state index in [1.165, 1.54) is 49.5 Å². The van der Waals surface area contributed by atoms with Crippen LogP contribution in [-0.2, 0) is 17.4 Å². The predicted molar refractivity (Wildman–Crippen MR) is 120 cm³/mol. The first-order valence-electron chi connectivity index (χ1n) is 11.0. The molecule has 2 atom stereocenters. The fourth-order valence-corrected chi connectivity index (χ4v) is 3.62. The number of benzene rings is 2. The molecule has 37 heavy (non-hydrogen) atoms. The molecule has 12 heteroatoms. The summed E-state index contributed by atoms with van der Waals surface area (Å²) in [6.07, 6.45) is -7.90. The lowest BCUT2D eigenvalue weighted by Gasteiger charge is -2.26. The summed E-state index contributed by atoms with van der Waals surface area (Å²) in [5.74, 6) is -1.40. The van der Waals surface area contributed by atoms with Crippen molar-refractivity contribution in [3.05, 3.63) is 95.1 Å². The number of aryl methyl sites for hydroxylation is 1. The van der Waals surface area contributed by atoms with E-state index in [2.05, 4.69) is 20.4 Å². The summed E-state index contributed by atoms with van der Waals surface area (Å²) in [5.41, 5.74) is 0.363. The Labute approximate surface area is 207 Å². The minimum atomic E-state index is -4.87. The van der Waals surface area contributed by atoms with Crippen molar-refractivity contribution in [3.8, 4) is 5.75 Å². The molecule has 198 valence electrons. The number of halogens is 7. The molecular formula is C25H22F7N3O2. The lowest BCUT2D eigenvalue weighted by Crippen LogP contribution is -2.38. The number of alkyl halides is 6. The van der Waals surface area contributed by atoms with Gasteiger partial charge in [0, 0.05) is 19.3 Å². The van der Waals surface area contributed by atoms with E-state index in [0.717, 1.165) is 24.4 Å². The number of rotatable bonds is 9. The molecule has 0 aliphatic rings. The Morgan fingerprint density at radius 2 is 1.54 bits per heavy atom. The standard InChI is InChI=1S/C25H22F7N3O2/c1-33-23(36)22(17-4-8-18(26)9-5-17)35-20(16-6-10-19(11-7-16)37-25(30,31)32)12-2-15-3-13-21(34-14-15)24(27,28)29/h3-11,13-14,20,22,35H,2,12H2,1H3,(H,33,36)/t20-,22+/m1/s1. The summed E-state index contributed by atoms with van der Waals surface area (Å²) < 4.78 is 93.4. The van der Waals surface area contributed by atoms with Crippen LogP contribution >= 0.6 is 0 Å². The highest BCUT2D eigenvalue weighted by atomic mass is 19.4. The van der Waals surface area contributed by atoms with E-state index in [0.29, 0.717) is 16.7 Å². The Kier molecular flexibility index (Phi) is 8.74. The molecule has 0 radical (unpaired) electrons. The van der Waals surface area contributed by atoms with E-state index in [-0.39, 0.29) is 12.8 Å². The van der Waals surface area contributed by atoms with Crippen LogP contribution in [0.3, 0.4) is 0 Å². The molecule has 3 aromatic rings. The fraction of sp³-hybridized carbons (Fsp3) is 0.280. The number of ether oxygens (including phenoxy) is 1. The van der Waals surface area contributed by atoms with E-state index in [9.17, 15) is 35.5 Å². The van der Waals surface area contributed by atoms with Crippen LogP contribution in [0.4, 0.5) is 30.7 Å². The van der Waals surface area contributed by atoms with Gasteiger partial charge in [0.05, 0.1) is 0 Å². The zero-order valence-corrected chi connectivity index (χ0v) is 19.3.